The van der Waals surface area contributed by atoms with Gasteiger partial charge in [-0.3, -0.25) is 0 Å². The molecule has 0 fully saturated rings. The van der Waals surface area contributed by atoms with Crippen LogP contribution in [0, 0.1) is 6.92 Å². The smallest absolute Gasteiger partial charge is 0.347 e. The lowest BCUT2D eigenvalue weighted by molar-refractivity contribution is 0.0701. The molecule has 0 unspecified atom stereocenters. The molecule has 84 valence electrons. The Morgan fingerprint density at radius 3 is 2.80 bits per heavy atom. The third-order valence-corrected chi connectivity index (χ3v) is 3.20. The molecule has 0 bridgehead atoms. The van der Waals surface area contributed by atoms with Crippen LogP contribution in [-0.4, -0.2) is 43.4 Å². The van der Waals surface area contributed by atoms with Crippen molar-refractivity contribution in [1.82, 2.24) is 4.98 Å². The van der Waals surface area contributed by atoms with Crippen molar-refractivity contribution in [3.8, 4) is 0 Å². The number of ether oxygens (including phenoxy) is 1. The van der Waals surface area contributed by atoms with Crippen LogP contribution in [0.4, 0.5) is 5.13 Å². The van der Waals surface area contributed by atoms with Gasteiger partial charge in [-0.2, -0.15) is 0 Å². The minimum atomic E-state index is -0.920. The number of carboxylic acids is 1. The molecule has 0 amide bonds. The highest BCUT2D eigenvalue weighted by molar-refractivity contribution is 7.17. The summed E-state index contributed by atoms with van der Waals surface area (Å²) < 4.78 is 4.94. The Morgan fingerprint density at radius 1 is 1.67 bits per heavy atom. The number of nitrogens with zero attached hydrogens (tertiary/aromatic N) is 2. The van der Waals surface area contributed by atoms with Crippen molar-refractivity contribution in [1.29, 1.82) is 0 Å². The topological polar surface area (TPSA) is 62.7 Å². The fraction of sp³-hybridized carbons (Fsp3) is 0.556. The summed E-state index contributed by atoms with van der Waals surface area (Å²) in [4.78, 5) is 17.2. The predicted molar refractivity (Wildman–Crippen MR) is 59.0 cm³/mol. The Kier molecular flexibility index (Phi) is 4.05. The molecule has 1 N–H and O–H groups in total. The Morgan fingerprint density at radius 2 is 2.33 bits per heavy atom. The third kappa shape index (κ3) is 2.90. The van der Waals surface area contributed by atoms with E-state index in [4.69, 9.17) is 9.84 Å². The van der Waals surface area contributed by atoms with Gasteiger partial charge in [0.1, 0.15) is 4.88 Å². The van der Waals surface area contributed by atoms with E-state index in [1.165, 1.54) is 11.3 Å². The van der Waals surface area contributed by atoms with Gasteiger partial charge in [-0.25, -0.2) is 9.78 Å². The third-order valence-electron chi connectivity index (χ3n) is 1.94. The maximum absolute atomic E-state index is 10.8. The number of rotatable bonds is 5. The molecule has 0 aromatic carbocycles. The van der Waals surface area contributed by atoms with Gasteiger partial charge in [0.2, 0.25) is 0 Å². The molecule has 0 atom stereocenters. The van der Waals surface area contributed by atoms with Crippen LogP contribution in [-0.2, 0) is 4.74 Å². The van der Waals surface area contributed by atoms with Gasteiger partial charge >= 0.3 is 5.97 Å². The van der Waals surface area contributed by atoms with Crippen molar-refractivity contribution in [2.45, 2.75) is 6.92 Å². The van der Waals surface area contributed by atoms with Crippen LogP contribution in [0.15, 0.2) is 0 Å². The molecule has 1 heterocycles. The zero-order valence-corrected chi connectivity index (χ0v) is 9.80. The molecule has 5 nitrogen and oxygen atoms in total. The first-order valence-electron chi connectivity index (χ1n) is 4.47. The number of anilines is 1. The largest absolute Gasteiger partial charge is 0.477 e. The van der Waals surface area contributed by atoms with Gasteiger partial charge in [0.15, 0.2) is 5.13 Å². The van der Waals surface area contributed by atoms with E-state index in [1.54, 1.807) is 14.0 Å². The monoisotopic (exact) mass is 230 g/mol. The molecule has 1 rings (SSSR count). The van der Waals surface area contributed by atoms with Crippen molar-refractivity contribution in [3.63, 3.8) is 0 Å². The summed E-state index contributed by atoms with van der Waals surface area (Å²) in [6, 6.07) is 0. The van der Waals surface area contributed by atoms with E-state index in [9.17, 15) is 4.79 Å². The minimum Gasteiger partial charge on any atom is -0.477 e. The SMILES string of the molecule is COCCN(C)c1nc(C)c(C(=O)O)s1. The van der Waals surface area contributed by atoms with Crippen molar-refractivity contribution in [2.75, 3.05) is 32.2 Å². The number of hydrogen-bond acceptors (Lipinski definition) is 5. The number of methoxy groups -OCH3 is 1. The van der Waals surface area contributed by atoms with Crippen LogP contribution in [0.3, 0.4) is 0 Å². The summed E-state index contributed by atoms with van der Waals surface area (Å²) in [5.74, 6) is -0.920. The molecule has 0 spiro atoms. The first-order valence-corrected chi connectivity index (χ1v) is 5.28. The lowest BCUT2D eigenvalue weighted by Crippen LogP contribution is -2.21. The Balaban J connectivity index is 2.78. The number of carbonyl (C=O) groups is 1. The fourth-order valence-electron chi connectivity index (χ4n) is 1.07. The molecule has 0 radical (unpaired) electrons. The normalized spacial score (nSPS) is 10.3. The maximum Gasteiger partial charge on any atom is 0.347 e. The van der Waals surface area contributed by atoms with Crippen molar-refractivity contribution in [2.24, 2.45) is 0 Å². The first kappa shape index (κ1) is 11.9. The average Bonchev–Trinajstić information content (AvgIpc) is 2.56. The molecule has 0 aliphatic rings. The molecule has 0 aliphatic carbocycles. The molecule has 6 heteroatoms. The summed E-state index contributed by atoms with van der Waals surface area (Å²) in [6.45, 7) is 2.99. The lowest BCUT2D eigenvalue weighted by Gasteiger charge is -2.14. The van der Waals surface area contributed by atoms with E-state index >= 15 is 0 Å². The highest BCUT2D eigenvalue weighted by Crippen LogP contribution is 2.24. The second-order valence-electron chi connectivity index (χ2n) is 3.13. The van der Waals surface area contributed by atoms with Gasteiger partial charge < -0.3 is 14.7 Å². The molecule has 0 saturated heterocycles. The number of thiazole rings is 1. The second-order valence-corrected chi connectivity index (χ2v) is 4.11. The standard InChI is InChI=1S/C9H14N2O3S/c1-6-7(8(12)13)15-9(10-6)11(2)4-5-14-3/h4-5H2,1-3H3,(H,12,13). The number of aryl methyl sites for hydroxylation is 1. The van der Waals surface area contributed by atoms with E-state index in [0.29, 0.717) is 28.9 Å². The summed E-state index contributed by atoms with van der Waals surface area (Å²) in [5.41, 5.74) is 0.562. The maximum atomic E-state index is 10.8. The number of aromatic carboxylic acids is 1. The molecule has 0 saturated carbocycles. The van der Waals surface area contributed by atoms with Crippen LogP contribution < -0.4 is 4.90 Å². The first-order chi connectivity index (χ1) is 7.06. The summed E-state index contributed by atoms with van der Waals surface area (Å²) in [6.07, 6.45) is 0. The quantitative estimate of drug-likeness (QED) is 0.824. The average molecular weight is 230 g/mol. The van der Waals surface area contributed by atoms with Gasteiger partial charge in [0.25, 0.3) is 0 Å². The zero-order valence-electron chi connectivity index (χ0n) is 8.98. The van der Waals surface area contributed by atoms with Crippen LogP contribution in [0.1, 0.15) is 15.4 Å². The van der Waals surface area contributed by atoms with Crippen LogP contribution in [0.5, 0.6) is 0 Å². The van der Waals surface area contributed by atoms with Crippen molar-refractivity contribution < 1.29 is 14.6 Å². The molecule has 15 heavy (non-hydrogen) atoms. The van der Waals surface area contributed by atoms with E-state index in [2.05, 4.69) is 4.98 Å². The van der Waals surface area contributed by atoms with Gasteiger partial charge in [-0.1, -0.05) is 11.3 Å². The number of hydrogen-bond donors (Lipinski definition) is 1. The van der Waals surface area contributed by atoms with Gasteiger partial charge in [0, 0.05) is 20.7 Å². The highest BCUT2D eigenvalue weighted by atomic mass is 32.1. The summed E-state index contributed by atoms with van der Waals surface area (Å²) in [7, 11) is 3.49. The Bertz CT molecular complexity index is 351. The molecule has 1 aromatic heterocycles. The van der Waals surface area contributed by atoms with E-state index in [1.807, 2.05) is 11.9 Å². The van der Waals surface area contributed by atoms with Crippen LogP contribution >= 0.6 is 11.3 Å². The predicted octanol–water partition coefficient (Wildman–Crippen LogP) is 1.23. The second kappa shape index (κ2) is 5.09. The van der Waals surface area contributed by atoms with Gasteiger partial charge in [-0.05, 0) is 6.92 Å². The Hall–Kier alpha value is -1.14. The van der Waals surface area contributed by atoms with Crippen LogP contribution in [0.2, 0.25) is 0 Å². The summed E-state index contributed by atoms with van der Waals surface area (Å²) >= 11 is 1.19. The molecule has 0 aliphatic heterocycles. The van der Waals surface area contributed by atoms with E-state index in [-0.39, 0.29) is 0 Å². The number of likely N-dealkylation sites (N-methyl/N-ethyl adjacent to an activating group) is 1. The summed E-state index contributed by atoms with van der Waals surface area (Å²) in [5, 5.41) is 9.57. The molecule has 1 aromatic rings. The van der Waals surface area contributed by atoms with E-state index < -0.39 is 5.97 Å². The van der Waals surface area contributed by atoms with Gasteiger partial charge in [-0.15, -0.1) is 0 Å². The van der Waals surface area contributed by atoms with Crippen LogP contribution in [0.25, 0.3) is 0 Å². The Labute approximate surface area is 92.3 Å². The van der Waals surface area contributed by atoms with Crippen molar-refractivity contribution in [3.05, 3.63) is 10.6 Å². The number of aromatic nitrogens is 1. The molecular weight excluding hydrogens is 216 g/mol. The fourth-order valence-corrected chi connectivity index (χ4v) is 1.96. The van der Waals surface area contributed by atoms with E-state index in [0.717, 1.165) is 0 Å². The molecular formula is C9H14N2O3S. The number of carboxylic acid groups (broad SMARTS) is 1. The highest BCUT2D eigenvalue weighted by Gasteiger charge is 2.15. The van der Waals surface area contributed by atoms with Gasteiger partial charge in [0.05, 0.1) is 12.3 Å². The van der Waals surface area contributed by atoms with Crippen molar-refractivity contribution >= 4 is 22.4 Å². The lowest BCUT2D eigenvalue weighted by atomic mass is 10.4. The minimum absolute atomic E-state index is 0.300. The zero-order chi connectivity index (χ0) is 11.4.